The molecule has 0 aromatic heterocycles. The van der Waals surface area contributed by atoms with E-state index in [9.17, 15) is 79.4 Å². The molecule has 2 atom stereocenters. The van der Waals surface area contributed by atoms with Crippen molar-refractivity contribution in [2.75, 3.05) is 0 Å². The van der Waals surface area contributed by atoms with Gasteiger partial charge in [0, 0.05) is 0 Å². The zero-order chi connectivity index (χ0) is 31.0. The van der Waals surface area contributed by atoms with Crippen molar-refractivity contribution in [1.29, 1.82) is 0 Å². The van der Waals surface area contributed by atoms with E-state index < -0.39 is 66.4 Å². The van der Waals surface area contributed by atoms with E-state index >= 15 is 0 Å². The van der Waals surface area contributed by atoms with Gasteiger partial charge in [0.1, 0.15) is 5.60 Å². The normalized spacial score (nSPS) is 18.1. The highest BCUT2D eigenvalue weighted by Crippen LogP contribution is 2.56. The highest BCUT2D eigenvalue weighted by atomic mass is 19.4. The zero-order valence-corrected chi connectivity index (χ0v) is 18.9. The number of carbonyl (C=O) groups excluding carboxylic acids is 1. The minimum Gasteiger partial charge on any atom is -0.455 e. The lowest BCUT2D eigenvalue weighted by molar-refractivity contribution is -0.549. The topological polar surface area (TPSA) is 44.8 Å². The maximum Gasteiger partial charge on any atom is 0.462 e. The van der Waals surface area contributed by atoms with Gasteiger partial charge in [-0.1, -0.05) is 19.8 Å². The highest BCUT2D eigenvalue weighted by Gasteiger charge is 2.85. The van der Waals surface area contributed by atoms with E-state index in [0.717, 1.165) is 13.8 Å². The second-order valence-electron chi connectivity index (χ2n) is 8.10. The van der Waals surface area contributed by atoms with Crippen LogP contribution in [-0.2, 0) is 19.0 Å². The van der Waals surface area contributed by atoms with Gasteiger partial charge in [0.15, 0.2) is 0 Å². The minimum atomic E-state index is -8.06. The van der Waals surface area contributed by atoms with Crippen molar-refractivity contribution in [3.8, 4) is 0 Å². The van der Waals surface area contributed by atoms with Crippen molar-refractivity contribution in [3.05, 3.63) is 0 Å². The minimum absolute atomic E-state index is 0.0249. The molecule has 0 bridgehead atoms. The molecular formula is C17H17F17O4. The summed E-state index contributed by atoms with van der Waals surface area (Å²) in [6, 6.07) is 0. The number of alkyl halides is 17. The van der Waals surface area contributed by atoms with E-state index in [1.807, 2.05) is 4.74 Å². The third-order valence-corrected chi connectivity index (χ3v) is 4.38. The van der Waals surface area contributed by atoms with E-state index in [1.165, 1.54) is 4.74 Å². The van der Waals surface area contributed by atoms with Crippen molar-refractivity contribution >= 4 is 5.97 Å². The Hall–Kier alpha value is -1.80. The zero-order valence-electron chi connectivity index (χ0n) is 18.9. The molecule has 0 aromatic rings. The molecule has 0 saturated heterocycles. The fourth-order valence-corrected chi connectivity index (χ4v) is 2.31. The van der Waals surface area contributed by atoms with Crippen LogP contribution >= 0.6 is 0 Å². The van der Waals surface area contributed by atoms with Crippen LogP contribution in [0.25, 0.3) is 0 Å². The number of esters is 1. The molecule has 0 rings (SSSR count). The lowest BCUT2D eigenvalue weighted by Gasteiger charge is -2.40. The second kappa shape index (κ2) is 10.6. The molecule has 0 spiro atoms. The van der Waals surface area contributed by atoms with Gasteiger partial charge >= 0.3 is 54.3 Å². The van der Waals surface area contributed by atoms with Gasteiger partial charge in [-0.05, 0) is 26.7 Å². The fraction of sp³-hybridized carbons (Fsp3) is 0.941. The van der Waals surface area contributed by atoms with Gasteiger partial charge < -0.3 is 4.74 Å². The molecule has 0 aromatic carbocycles. The van der Waals surface area contributed by atoms with Crippen LogP contribution in [0.1, 0.15) is 46.5 Å². The number of rotatable bonds is 12. The van der Waals surface area contributed by atoms with Gasteiger partial charge in [0.2, 0.25) is 0 Å². The van der Waals surface area contributed by atoms with Crippen LogP contribution in [0.3, 0.4) is 0 Å². The lowest BCUT2D eigenvalue weighted by atomic mass is 10.0. The van der Waals surface area contributed by atoms with Crippen LogP contribution < -0.4 is 0 Å². The number of hydrogen-bond donors (Lipinski definition) is 0. The Balaban J connectivity index is 6.67. The van der Waals surface area contributed by atoms with Gasteiger partial charge in [0.25, 0.3) is 0 Å². The van der Waals surface area contributed by atoms with E-state index in [0.29, 0.717) is 12.8 Å². The van der Waals surface area contributed by atoms with Gasteiger partial charge in [-0.2, -0.15) is 74.6 Å². The van der Waals surface area contributed by atoms with Gasteiger partial charge in [-0.3, -0.25) is 9.47 Å². The first-order chi connectivity index (χ1) is 16.4. The molecule has 0 heterocycles. The summed E-state index contributed by atoms with van der Waals surface area (Å²) in [6.07, 6.45) is -38.3. The van der Waals surface area contributed by atoms with E-state index in [2.05, 4.69) is 4.74 Å². The number of carbonyl (C=O) groups is 1. The summed E-state index contributed by atoms with van der Waals surface area (Å²) in [5.74, 6) is -26.4. The number of unbranched alkanes of at least 4 members (excludes halogenated alkanes) is 2. The third kappa shape index (κ3) is 7.23. The molecule has 38 heavy (non-hydrogen) atoms. The molecule has 0 fully saturated rings. The maximum absolute atomic E-state index is 14.5. The molecule has 21 heteroatoms. The lowest BCUT2D eigenvalue weighted by Crippen LogP contribution is -2.68. The Morgan fingerprint density at radius 3 is 1.39 bits per heavy atom. The van der Waals surface area contributed by atoms with Gasteiger partial charge in [0.05, 0.1) is 0 Å². The molecule has 228 valence electrons. The van der Waals surface area contributed by atoms with Gasteiger partial charge in [-0.25, -0.2) is 4.79 Å². The standard InChI is InChI=1S/C17H17F17O4/c1-4-5-6-7-9(2,3)36-8(35)10(18,13(22,23)24)37-17(33,34)12(21,15(28,29)30)38-16(31,32)11(19,20)14(25,26)27/h4-7H2,1-3H3/t10-,12-/m1/s1. The van der Waals surface area contributed by atoms with Crippen molar-refractivity contribution in [1.82, 2.24) is 0 Å². The molecule has 0 unspecified atom stereocenters. The molecule has 0 aliphatic carbocycles. The average Bonchev–Trinajstić information content (AvgIpc) is 2.63. The number of halogens is 17. The monoisotopic (exact) mass is 608 g/mol. The fourth-order valence-electron chi connectivity index (χ4n) is 2.31. The summed E-state index contributed by atoms with van der Waals surface area (Å²) in [5.41, 5.74) is -2.21. The molecule has 0 amide bonds. The summed E-state index contributed by atoms with van der Waals surface area (Å²) < 4.78 is 230. The molecule has 0 radical (unpaired) electrons. The van der Waals surface area contributed by atoms with Gasteiger partial charge in [-0.15, -0.1) is 0 Å². The first-order valence-electron chi connectivity index (χ1n) is 9.70. The largest absolute Gasteiger partial charge is 0.462 e. The predicted octanol–water partition coefficient (Wildman–Crippen LogP) is 7.76. The molecule has 0 aliphatic rings. The summed E-state index contributed by atoms with van der Waals surface area (Å²) in [4.78, 5) is 11.8. The number of ether oxygens (including phenoxy) is 3. The number of hydrogen-bond acceptors (Lipinski definition) is 4. The van der Waals surface area contributed by atoms with E-state index in [1.54, 1.807) is 6.92 Å². The molecular weight excluding hydrogens is 591 g/mol. The van der Waals surface area contributed by atoms with Crippen LogP contribution in [0.4, 0.5) is 74.6 Å². The maximum atomic E-state index is 14.5. The predicted molar refractivity (Wildman–Crippen MR) is 87.2 cm³/mol. The molecule has 0 N–H and O–H groups in total. The van der Waals surface area contributed by atoms with Crippen LogP contribution in [0, 0.1) is 0 Å². The van der Waals surface area contributed by atoms with Crippen molar-refractivity contribution < 1.29 is 93.6 Å². The Morgan fingerprint density at radius 1 is 0.605 bits per heavy atom. The summed E-state index contributed by atoms with van der Waals surface area (Å²) >= 11 is 0. The Bertz CT molecular complexity index is 817. The smallest absolute Gasteiger partial charge is 0.455 e. The first kappa shape index (κ1) is 36.2. The molecule has 0 saturated carbocycles. The SMILES string of the molecule is CCCCCC(C)(C)OC(=O)[C@@](F)(OC(F)(F)[C@](F)(OC(F)(F)C(F)(F)C(F)(F)F)C(F)(F)F)C(F)(F)F. The molecule has 0 aliphatic heterocycles. The van der Waals surface area contributed by atoms with Crippen LogP contribution in [0.2, 0.25) is 0 Å². The average molecular weight is 608 g/mol. The molecule has 4 nitrogen and oxygen atoms in total. The quantitative estimate of drug-likeness (QED) is 0.129. The van der Waals surface area contributed by atoms with Crippen molar-refractivity contribution in [2.24, 2.45) is 0 Å². The summed E-state index contributed by atoms with van der Waals surface area (Å²) in [6.45, 7) is 3.09. The Labute approximate surface area is 201 Å². The second-order valence-corrected chi connectivity index (χ2v) is 8.10. The summed E-state index contributed by atoms with van der Waals surface area (Å²) in [5, 5.41) is 0. The summed E-state index contributed by atoms with van der Waals surface area (Å²) in [7, 11) is 0. The van der Waals surface area contributed by atoms with Crippen molar-refractivity contribution in [3.63, 3.8) is 0 Å². The third-order valence-electron chi connectivity index (χ3n) is 4.38. The Morgan fingerprint density at radius 2 is 1.05 bits per heavy atom. The van der Waals surface area contributed by atoms with Crippen LogP contribution in [-0.4, -0.2) is 59.9 Å². The van der Waals surface area contributed by atoms with E-state index in [4.69, 9.17) is 0 Å². The Kier molecular flexibility index (Phi) is 10.1. The van der Waals surface area contributed by atoms with Crippen LogP contribution in [0.5, 0.6) is 0 Å². The van der Waals surface area contributed by atoms with Crippen LogP contribution in [0.15, 0.2) is 0 Å². The van der Waals surface area contributed by atoms with E-state index in [-0.39, 0.29) is 6.42 Å². The first-order valence-corrected chi connectivity index (χ1v) is 9.70. The highest BCUT2D eigenvalue weighted by molar-refractivity contribution is 5.79. The van der Waals surface area contributed by atoms with Crippen molar-refractivity contribution in [2.45, 2.75) is 100 Å².